The molecule has 1 N–H and O–H groups in total. The fraction of sp³-hybridized carbons (Fsp3) is 0.500. The van der Waals surface area contributed by atoms with E-state index in [1.54, 1.807) is 4.90 Å². The third kappa shape index (κ3) is 3.74. The summed E-state index contributed by atoms with van der Waals surface area (Å²) in [4.78, 5) is 25.6. The van der Waals surface area contributed by atoms with Gasteiger partial charge in [-0.1, -0.05) is 26.0 Å². The number of hydrogen-bond donors (Lipinski definition) is 1. The highest BCUT2D eigenvalue weighted by molar-refractivity contribution is 5.89. The molecule has 1 aromatic rings. The van der Waals surface area contributed by atoms with Crippen LogP contribution in [0.2, 0.25) is 0 Å². The second-order valence-electron chi connectivity index (χ2n) is 5.09. The third-order valence-electron chi connectivity index (χ3n) is 3.71. The smallest absolute Gasteiger partial charge is 0.261 e. The molecule has 2 amide bonds. The zero-order valence-electron chi connectivity index (χ0n) is 12.6. The molecule has 1 heterocycles. The molecule has 5 nitrogen and oxygen atoms in total. The second kappa shape index (κ2) is 7.11. The monoisotopic (exact) mass is 290 g/mol. The molecule has 2 rings (SSSR count). The lowest BCUT2D eigenvalue weighted by atomic mass is 10.1. The Morgan fingerprint density at radius 2 is 2.24 bits per heavy atom. The summed E-state index contributed by atoms with van der Waals surface area (Å²) in [5, 5.41) is 2.78. The number of nitrogens with one attached hydrogen (secondary N) is 1. The van der Waals surface area contributed by atoms with Gasteiger partial charge in [0.2, 0.25) is 5.91 Å². The lowest BCUT2D eigenvalue weighted by Crippen LogP contribution is -2.57. The van der Waals surface area contributed by atoms with Gasteiger partial charge in [-0.2, -0.15) is 0 Å². The maximum Gasteiger partial charge on any atom is 0.261 e. The zero-order valence-corrected chi connectivity index (χ0v) is 12.6. The number of rotatable bonds is 5. The summed E-state index contributed by atoms with van der Waals surface area (Å²) in [6, 6.07) is 7.34. The van der Waals surface area contributed by atoms with Crippen molar-refractivity contribution in [2.75, 3.05) is 19.7 Å². The SMILES string of the molecule is CCc1cccc(OCC(=O)N2CCNC(=O)C2CC)c1. The lowest BCUT2D eigenvalue weighted by Gasteiger charge is -2.34. The Morgan fingerprint density at radius 3 is 2.95 bits per heavy atom. The first-order valence-electron chi connectivity index (χ1n) is 7.44. The number of benzene rings is 1. The molecular weight excluding hydrogens is 268 g/mol. The average molecular weight is 290 g/mol. The minimum atomic E-state index is -0.378. The molecular formula is C16H22N2O3. The van der Waals surface area contributed by atoms with Crippen molar-refractivity contribution in [3.8, 4) is 5.75 Å². The van der Waals surface area contributed by atoms with E-state index in [0.29, 0.717) is 25.3 Å². The Labute approximate surface area is 125 Å². The predicted octanol–water partition coefficient (Wildman–Crippen LogP) is 1.36. The minimum Gasteiger partial charge on any atom is -0.484 e. The van der Waals surface area contributed by atoms with Gasteiger partial charge >= 0.3 is 0 Å². The minimum absolute atomic E-state index is 0.0308. The normalized spacial score (nSPS) is 18.3. The summed E-state index contributed by atoms with van der Waals surface area (Å²) in [5.74, 6) is 0.473. The van der Waals surface area contributed by atoms with Gasteiger partial charge in [0.1, 0.15) is 11.8 Å². The van der Waals surface area contributed by atoms with Crippen molar-refractivity contribution in [3.05, 3.63) is 29.8 Å². The van der Waals surface area contributed by atoms with Gasteiger partial charge in [0.15, 0.2) is 6.61 Å². The van der Waals surface area contributed by atoms with Crippen LogP contribution in [0.15, 0.2) is 24.3 Å². The fourth-order valence-electron chi connectivity index (χ4n) is 2.50. The maximum absolute atomic E-state index is 12.3. The number of amides is 2. The summed E-state index contributed by atoms with van der Waals surface area (Å²) in [6.07, 6.45) is 1.54. The molecule has 114 valence electrons. The van der Waals surface area contributed by atoms with Gasteiger partial charge in [-0.3, -0.25) is 9.59 Å². The Bertz CT molecular complexity index is 516. The summed E-state index contributed by atoms with van der Waals surface area (Å²) < 4.78 is 5.57. The van der Waals surface area contributed by atoms with Crippen molar-refractivity contribution in [2.24, 2.45) is 0 Å². The summed E-state index contributed by atoms with van der Waals surface area (Å²) in [5.41, 5.74) is 1.17. The van der Waals surface area contributed by atoms with Gasteiger partial charge in [-0.05, 0) is 30.5 Å². The molecule has 0 aromatic heterocycles. The van der Waals surface area contributed by atoms with Crippen LogP contribution >= 0.6 is 0 Å². The number of carbonyl (C=O) groups is 2. The van der Waals surface area contributed by atoms with Crippen LogP contribution < -0.4 is 10.1 Å². The summed E-state index contributed by atoms with van der Waals surface area (Å²) in [7, 11) is 0. The lowest BCUT2D eigenvalue weighted by molar-refractivity contribution is -0.144. The van der Waals surface area contributed by atoms with E-state index in [1.807, 2.05) is 31.2 Å². The van der Waals surface area contributed by atoms with Crippen LogP contribution in [0.5, 0.6) is 5.75 Å². The highest BCUT2D eigenvalue weighted by Crippen LogP contribution is 2.15. The molecule has 5 heteroatoms. The third-order valence-corrected chi connectivity index (χ3v) is 3.71. The van der Waals surface area contributed by atoms with E-state index in [4.69, 9.17) is 4.74 Å². The van der Waals surface area contributed by atoms with Crippen LogP contribution in [0.25, 0.3) is 0 Å². The van der Waals surface area contributed by atoms with Crippen LogP contribution in [-0.2, 0) is 16.0 Å². The van der Waals surface area contributed by atoms with Crippen LogP contribution in [0, 0.1) is 0 Å². The van der Waals surface area contributed by atoms with Crippen LogP contribution in [0.1, 0.15) is 25.8 Å². The van der Waals surface area contributed by atoms with Crippen molar-refractivity contribution in [1.29, 1.82) is 0 Å². The predicted molar refractivity (Wildman–Crippen MR) is 80.1 cm³/mol. The molecule has 1 unspecified atom stereocenters. The topological polar surface area (TPSA) is 58.6 Å². The highest BCUT2D eigenvalue weighted by atomic mass is 16.5. The van der Waals surface area contributed by atoms with E-state index < -0.39 is 0 Å². The number of nitrogens with zero attached hydrogens (tertiary/aromatic N) is 1. The molecule has 0 radical (unpaired) electrons. The first-order valence-corrected chi connectivity index (χ1v) is 7.44. The van der Waals surface area contributed by atoms with Gasteiger partial charge < -0.3 is 15.0 Å². The molecule has 0 bridgehead atoms. The summed E-state index contributed by atoms with van der Waals surface area (Å²) >= 11 is 0. The van der Waals surface area contributed by atoms with Gasteiger partial charge in [0.25, 0.3) is 5.91 Å². The standard InChI is InChI=1S/C16H22N2O3/c1-3-12-6-5-7-13(10-12)21-11-15(19)18-9-8-17-16(20)14(18)4-2/h5-7,10,14H,3-4,8-9,11H2,1-2H3,(H,17,20). The molecule has 1 fully saturated rings. The molecule has 1 aromatic carbocycles. The van der Waals surface area contributed by atoms with Gasteiger partial charge in [0.05, 0.1) is 0 Å². The van der Waals surface area contributed by atoms with Crippen LogP contribution in [0.4, 0.5) is 0 Å². The zero-order chi connectivity index (χ0) is 15.2. The first kappa shape index (κ1) is 15.4. The quantitative estimate of drug-likeness (QED) is 0.891. The number of piperazine rings is 1. The van der Waals surface area contributed by atoms with Gasteiger partial charge in [-0.25, -0.2) is 0 Å². The molecule has 21 heavy (non-hydrogen) atoms. The molecule has 0 aliphatic carbocycles. The number of ether oxygens (including phenoxy) is 1. The molecule has 1 atom stereocenters. The Balaban J connectivity index is 1.95. The van der Waals surface area contributed by atoms with E-state index in [1.165, 1.54) is 5.56 Å². The summed E-state index contributed by atoms with van der Waals surface area (Å²) in [6.45, 7) is 4.99. The highest BCUT2D eigenvalue weighted by Gasteiger charge is 2.31. The number of hydrogen-bond acceptors (Lipinski definition) is 3. The van der Waals surface area contributed by atoms with Crippen molar-refractivity contribution in [1.82, 2.24) is 10.2 Å². The molecule has 0 saturated carbocycles. The Kier molecular flexibility index (Phi) is 5.20. The van der Waals surface area contributed by atoms with E-state index in [0.717, 1.165) is 6.42 Å². The van der Waals surface area contributed by atoms with Crippen molar-refractivity contribution in [2.45, 2.75) is 32.7 Å². The molecule has 1 aliphatic heterocycles. The Hall–Kier alpha value is -2.04. The van der Waals surface area contributed by atoms with E-state index in [9.17, 15) is 9.59 Å². The van der Waals surface area contributed by atoms with Crippen LogP contribution in [-0.4, -0.2) is 42.5 Å². The first-order chi connectivity index (χ1) is 10.2. The second-order valence-corrected chi connectivity index (χ2v) is 5.09. The van der Waals surface area contributed by atoms with Gasteiger partial charge in [-0.15, -0.1) is 0 Å². The van der Waals surface area contributed by atoms with E-state index >= 15 is 0 Å². The Morgan fingerprint density at radius 1 is 1.43 bits per heavy atom. The van der Waals surface area contributed by atoms with E-state index in [2.05, 4.69) is 12.2 Å². The molecule has 0 spiro atoms. The molecule has 1 aliphatic rings. The van der Waals surface area contributed by atoms with E-state index in [-0.39, 0.29) is 24.5 Å². The number of carbonyl (C=O) groups excluding carboxylic acids is 2. The van der Waals surface area contributed by atoms with Crippen molar-refractivity contribution in [3.63, 3.8) is 0 Å². The largest absolute Gasteiger partial charge is 0.484 e. The maximum atomic E-state index is 12.3. The van der Waals surface area contributed by atoms with Crippen molar-refractivity contribution >= 4 is 11.8 Å². The van der Waals surface area contributed by atoms with Crippen molar-refractivity contribution < 1.29 is 14.3 Å². The van der Waals surface area contributed by atoms with Gasteiger partial charge in [0, 0.05) is 13.1 Å². The fourth-order valence-corrected chi connectivity index (χ4v) is 2.50. The van der Waals surface area contributed by atoms with Crippen LogP contribution in [0.3, 0.4) is 0 Å². The number of aryl methyl sites for hydroxylation is 1. The average Bonchev–Trinajstić information content (AvgIpc) is 2.52. The molecule has 1 saturated heterocycles.